The number of hydrogen-bond donors (Lipinski definition) is 1. The van der Waals surface area contributed by atoms with E-state index in [4.69, 9.17) is 17.3 Å². The first-order chi connectivity index (χ1) is 8.47. The summed E-state index contributed by atoms with van der Waals surface area (Å²) in [5.41, 5.74) is 9.06. The van der Waals surface area contributed by atoms with Crippen molar-refractivity contribution in [3.8, 4) is 0 Å². The molecule has 0 saturated heterocycles. The maximum Gasteiger partial charge on any atom is 0.0943 e. The molecular weight excluding hydrogens is 268 g/mol. The summed E-state index contributed by atoms with van der Waals surface area (Å²) < 4.78 is 1.81. The van der Waals surface area contributed by atoms with Crippen molar-refractivity contribution in [1.29, 1.82) is 0 Å². The van der Waals surface area contributed by atoms with Crippen LogP contribution in [0.1, 0.15) is 22.1 Å². The Labute approximate surface area is 116 Å². The fraction of sp³-hybridized carbons (Fsp3) is 0.500. The number of nitrogens with zero attached hydrogens (tertiary/aromatic N) is 3. The molecule has 0 aromatic carbocycles. The summed E-state index contributed by atoms with van der Waals surface area (Å²) in [6, 6.07) is 0.0165. The highest BCUT2D eigenvalue weighted by Crippen LogP contribution is 2.21. The summed E-state index contributed by atoms with van der Waals surface area (Å²) in [5, 5.41) is 8.14. The van der Waals surface area contributed by atoms with E-state index in [2.05, 4.69) is 10.1 Å². The average Bonchev–Trinajstić information content (AvgIpc) is 2.78. The summed E-state index contributed by atoms with van der Waals surface area (Å²) in [6.07, 6.45) is 1.49. The minimum Gasteiger partial charge on any atom is -0.327 e. The van der Waals surface area contributed by atoms with Crippen LogP contribution in [0.15, 0.2) is 5.38 Å². The fourth-order valence-corrected chi connectivity index (χ4v) is 3.05. The second-order valence-corrected chi connectivity index (χ2v) is 5.84. The van der Waals surface area contributed by atoms with Crippen molar-refractivity contribution in [2.24, 2.45) is 12.8 Å². The van der Waals surface area contributed by atoms with Gasteiger partial charge in [-0.2, -0.15) is 5.10 Å². The molecule has 0 aliphatic heterocycles. The van der Waals surface area contributed by atoms with Gasteiger partial charge in [0.1, 0.15) is 0 Å². The van der Waals surface area contributed by atoms with Crippen LogP contribution in [0.2, 0.25) is 5.02 Å². The van der Waals surface area contributed by atoms with Gasteiger partial charge in [0, 0.05) is 37.0 Å². The monoisotopic (exact) mass is 284 g/mol. The van der Waals surface area contributed by atoms with Gasteiger partial charge in [0.15, 0.2) is 0 Å². The minimum absolute atomic E-state index is 0.0165. The number of thiazole rings is 1. The van der Waals surface area contributed by atoms with Crippen molar-refractivity contribution < 1.29 is 0 Å². The Kier molecular flexibility index (Phi) is 4.04. The molecule has 0 radical (unpaired) electrons. The third-order valence-corrected chi connectivity index (χ3v) is 4.30. The van der Waals surface area contributed by atoms with Crippen molar-refractivity contribution in [3.63, 3.8) is 0 Å². The molecular formula is C12H17ClN4S. The van der Waals surface area contributed by atoms with E-state index >= 15 is 0 Å². The molecule has 0 spiro atoms. The van der Waals surface area contributed by atoms with Gasteiger partial charge in [-0.3, -0.25) is 4.68 Å². The lowest BCUT2D eigenvalue weighted by Gasteiger charge is -2.10. The molecule has 0 saturated carbocycles. The van der Waals surface area contributed by atoms with Gasteiger partial charge in [-0.25, -0.2) is 4.98 Å². The highest BCUT2D eigenvalue weighted by Gasteiger charge is 2.15. The molecule has 0 aliphatic carbocycles. The van der Waals surface area contributed by atoms with Gasteiger partial charge in [0.25, 0.3) is 0 Å². The van der Waals surface area contributed by atoms with Crippen molar-refractivity contribution in [3.05, 3.63) is 32.5 Å². The zero-order valence-electron chi connectivity index (χ0n) is 10.8. The average molecular weight is 285 g/mol. The first-order valence-corrected chi connectivity index (χ1v) is 7.07. The number of rotatable bonds is 4. The Morgan fingerprint density at radius 2 is 2.17 bits per heavy atom. The summed E-state index contributed by atoms with van der Waals surface area (Å²) in [4.78, 5) is 4.43. The first-order valence-electron chi connectivity index (χ1n) is 5.82. The van der Waals surface area contributed by atoms with Crippen molar-refractivity contribution in [1.82, 2.24) is 14.8 Å². The second-order valence-electron chi connectivity index (χ2n) is 4.52. The molecule has 98 valence electrons. The van der Waals surface area contributed by atoms with Crippen LogP contribution in [0.4, 0.5) is 0 Å². The molecule has 2 rings (SSSR count). The number of halogens is 1. The molecule has 0 fully saturated rings. The summed E-state index contributed by atoms with van der Waals surface area (Å²) >= 11 is 7.87. The lowest BCUT2D eigenvalue weighted by Crippen LogP contribution is -2.26. The number of aryl methyl sites for hydroxylation is 3. The smallest absolute Gasteiger partial charge is 0.0943 e. The van der Waals surface area contributed by atoms with Crippen LogP contribution < -0.4 is 5.73 Å². The summed E-state index contributed by atoms with van der Waals surface area (Å²) in [6.45, 7) is 3.90. The molecule has 0 aliphatic rings. The molecule has 2 N–H and O–H groups in total. The predicted molar refractivity (Wildman–Crippen MR) is 75.2 cm³/mol. The second kappa shape index (κ2) is 5.38. The van der Waals surface area contributed by atoms with Crippen LogP contribution >= 0.6 is 22.9 Å². The SMILES string of the molecule is Cc1csc(CC(N)Cc2c(Cl)c(C)nn2C)n1. The van der Waals surface area contributed by atoms with Gasteiger partial charge in [-0.1, -0.05) is 11.6 Å². The van der Waals surface area contributed by atoms with Crippen LogP contribution in [0.5, 0.6) is 0 Å². The van der Waals surface area contributed by atoms with E-state index in [-0.39, 0.29) is 6.04 Å². The number of nitrogens with two attached hydrogens (primary N) is 1. The highest BCUT2D eigenvalue weighted by molar-refractivity contribution is 7.09. The van der Waals surface area contributed by atoms with Crippen LogP contribution in [-0.2, 0) is 19.9 Å². The Bertz CT molecular complexity index is 546. The Balaban J connectivity index is 2.05. The van der Waals surface area contributed by atoms with Gasteiger partial charge < -0.3 is 5.73 Å². The lowest BCUT2D eigenvalue weighted by molar-refractivity contribution is 0.611. The molecule has 4 nitrogen and oxygen atoms in total. The zero-order chi connectivity index (χ0) is 13.3. The predicted octanol–water partition coefficient (Wildman–Crippen LogP) is 2.26. The molecule has 6 heteroatoms. The molecule has 0 amide bonds. The summed E-state index contributed by atoms with van der Waals surface area (Å²) in [7, 11) is 1.90. The fourth-order valence-electron chi connectivity index (χ4n) is 1.94. The Morgan fingerprint density at radius 1 is 1.44 bits per heavy atom. The minimum atomic E-state index is 0.0165. The van der Waals surface area contributed by atoms with Crippen LogP contribution in [0, 0.1) is 13.8 Å². The van der Waals surface area contributed by atoms with Crippen molar-refractivity contribution >= 4 is 22.9 Å². The molecule has 18 heavy (non-hydrogen) atoms. The Morgan fingerprint density at radius 3 is 2.67 bits per heavy atom. The van der Waals surface area contributed by atoms with E-state index in [9.17, 15) is 0 Å². The third kappa shape index (κ3) is 2.91. The topological polar surface area (TPSA) is 56.7 Å². The third-order valence-electron chi connectivity index (χ3n) is 2.82. The van der Waals surface area contributed by atoms with Gasteiger partial charge >= 0.3 is 0 Å². The standard InChI is InChI=1S/C12H17ClN4S/c1-7-6-18-11(15-7)5-9(14)4-10-12(13)8(2)16-17(10)3/h6,9H,4-5,14H2,1-3H3. The zero-order valence-corrected chi connectivity index (χ0v) is 12.3. The maximum atomic E-state index is 6.21. The molecule has 1 atom stereocenters. The van der Waals surface area contributed by atoms with Gasteiger partial charge in [0.2, 0.25) is 0 Å². The largest absolute Gasteiger partial charge is 0.327 e. The lowest BCUT2D eigenvalue weighted by atomic mass is 10.1. The van der Waals surface area contributed by atoms with Crippen molar-refractivity contribution in [2.45, 2.75) is 32.7 Å². The summed E-state index contributed by atoms with van der Waals surface area (Å²) in [5.74, 6) is 0. The maximum absolute atomic E-state index is 6.21. The van der Waals surface area contributed by atoms with Gasteiger partial charge in [0.05, 0.1) is 21.4 Å². The first kappa shape index (κ1) is 13.5. The molecule has 2 heterocycles. The Hall–Kier alpha value is -0.910. The van der Waals surface area contributed by atoms with Gasteiger partial charge in [-0.05, 0) is 13.8 Å². The number of aromatic nitrogens is 3. The van der Waals surface area contributed by atoms with E-state index in [1.54, 1.807) is 11.3 Å². The highest BCUT2D eigenvalue weighted by atomic mass is 35.5. The molecule has 2 aromatic heterocycles. The van der Waals surface area contributed by atoms with Gasteiger partial charge in [-0.15, -0.1) is 11.3 Å². The number of hydrogen-bond acceptors (Lipinski definition) is 4. The van der Waals surface area contributed by atoms with E-state index in [1.165, 1.54) is 0 Å². The van der Waals surface area contributed by atoms with Crippen LogP contribution in [0.25, 0.3) is 0 Å². The van der Waals surface area contributed by atoms with E-state index in [0.29, 0.717) is 0 Å². The normalized spacial score (nSPS) is 12.9. The van der Waals surface area contributed by atoms with Crippen molar-refractivity contribution in [2.75, 3.05) is 0 Å². The molecule has 2 aromatic rings. The quantitative estimate of drug-likeness (QED) is 0.937. The van der Waals surface area contributed by atoms with E-state index < -0.39 is 0 Å². The molecule has 1 unspecified atom stereocenters. The van der Waals surface area contributed by atoms with Crippen LogP contribution in [-0.4, -0.2) is 20.8 Å². The van der Waals surface area contributed by atoms with Crippen LogP contribution in [0.3, 0.4) is 0 Å². The molecule has 0 bridgehead atoms. The van der Waals surface area contributed by atoms with E-state index in [0.717, 1.165) is 40.0 Å². The van der Waals surface area contributed by atoms with E-state index in [1.807, 2.05) is 31.0 Å².